The van der Waals surface area contributed by atoms with Crippen molar-refractivity contribution in [2.75, 3.05) is 19.8 Å². The molecule has 0 aliphatic heterocycles. The quantitative estimate of drug-likeness (QED) is 0.369. The van der Waals surface area contributed by atoms with Gasteiger partial charge < -0.3 is 14.8 Å². The molecule has 0 aliphatic rings. The van der Waals surface area contributed by atoms with E-state index in [-0.39, 0.29) is 19.8 Å². The molecule has 0 bridgehead atoms. The molecule has 0 aromatic carbocycles. The highest BCUT2D eigenvalue weighted by Crippen LogP contribution is 2.32. The number of esters is 2. The first kappa shape index (κ1) is 22.2. The summed E-state index contributed by atoms with van der Waals surface area (Å²) in [4.78, 5) is 35.4. The fourth-order valence-corrected chi connectivity index (χ4v) is 1.91. The Kier molecular flexibility index (Phi) is 10.1. The molecule has 1 unspecified atom stereocenters. The predicted molar refractivity (Wildman–Crippen MR) is 78.8 cm³/mol. The van der Waals surface area contributed by atoms with Gasteiger partial charge in [0.05, 0.1) is 13.2 Å². The van der Waals surface area contributed by atoms with Gasteiger partial charge in [0.15, 0.2) is 5.92 Å². The zero-order valence-electron chi connectivity index (χ0n) is 14.1. The average Bonchev–Trinajstić information content (AvgIpc) is 2.47. The van der Waals surface area contributed by atoms with Crippen LogP contribution < -0.4 is 5.32 Å². The predicted octanol–water partition coefficient (Wildman–Crippen LogP) is 2.21. The molecule has 1 N–H and O–H groups in total. The highest BCUT2D eigenvalue weighted by molar-refractivity contribution is 5.95. The number of ether oxygens (including phenoxy) is 2. The van der Waals surface area contributed by atoms with Gasteiger partial charge in [-0.25, -0.2) is 0 Å². The highest BCUT2D eigenvalue weighted by Gasteiger charge is 2.48. The molecule has 0 spiro atoms. The lowest BCUT2D eigenvalue weighted by Crippen LogP contribution is -2.43. The molecule has 0 saturated carbocycles. The van der Waals surface area contributed by atoms with Gasteiger partial charge in [-0.3, -0.25) is 14.4 Å². The fraction of sp³-hybridized carbons (Fsp3) is 0.800. The van der Waals surface area contributed by atoms with Crippen molar-refractivity contribution in [1.82, 2.24) is 5.32 Å². The Morgan fingerprint density at radius 3 is 1.88 bits per heavy atom. The minimum absolute atomic E-state index is 0.0887. The molecule has 0 saturated heterocycles. The second kappa shape index (κ2) is 10.9. The van der Waals surface area contributed by atoms with Crippen molar-refractivity contribution in [3.8, 4) is 0 Å². The van der Waals surface area contributed by atoms with E-state index in [1.807, 2.05) is 6.92 Å². The number of alkyl halides is 3. The van der Waals surface area contributed by atoms with E-state index in [0.29, 0.717) is 12.8 Å². The number of carbonyl (C=O) groups excluding carboxylic acids is 3. The number of carbonyl (C=O) groups is 3. The maximum absolute atomic E-state index is 13.2. The molecular formula is C15H24F3NO5. The molecule has 0 aliphatic carbocycles. The van der Waals surface area contributed by atoms with Gasteiger partial charge in [0.25, 0.3) is 0 Å². The third-order valence-corrected chi connectivity index (χ3v) is 3.15. The number of halogens is 3. The Balaban J connectivity index is 5.24. The highest BCUT2D eigenvalue weighted by atomic mass is 19.4. The van der Waals surface area contributed by atoms with Gasteiger partial charge in [-0.15, -0.1) is 0 Å². The lowest BCUT2D eigenvalue weighted by molar-refractivity contribution is -0.189. The van der Waals surface area contributed by atoms with Crippen LogP contribution in [0.2, 0.25) is 0 Å². The number of hydrogen-bond donors (Lipinski definition) is 1. The minimum atomic E-state index is -4.90. The van der Waals surface area contributed by atoms with Gasteiger partial charge in [0.2, 0.25) is 5.91 Å². The van der Waals surface area contributed by atoms with Crippen molar-refractivity contribution < 1.29 is 37.0 Å². The molecule has 0 heterocycles. The Bertz CT molecular complexity index is 408. The third kappa shape index (κ3) is 7.65. The van der Waals surface area contributed by atoms with Gasteiger partial charge in [0, 0.05) is 6.54 Å². The molecule has 0 radical (unpaired) electrons. The molecule has 0 aromatic heterocycles. The third-order valence-electron chi connectivity index (χ3n) is 3.15. The molecule has 1 amide bonds. The van der Waals surface area contributed by atoms with Crippen LogP contribution in [-0.4, -0.2) is 43.8 Å². The summed E-state index contributed by atoms with van der Waals surface area (Å²) in [6.45, 7) is 4.62. The lowest BCUT2D eigenvalue weighted by Gasteiger charge is -2.23. The Hall–Kier alpha value is -1.80. The summed E-state index contributed by atoms with van der Waals surface area (Å²) in [6, 6.07) is 0. The zero-order valence-corrected chi connectivity index (χ0v) is 14.1. The molecule has 0 aromatic rings. The number of nitrogens with one attached hydrogen (secondary N) is 1. The van der Waals surface area contributed by atoms with E-state index < -0.39 is 42.3 Å². The van der Waals surface area contributed by atoms with E-state index in [9.17, 15) is 27.6 Å². The number of rotatable bonds is 10. The van der Waals surface area contributed by atoms with Crippen LogP contribution in [0.5, 0.6) is 0 Å². The van der Waals surface area contributed by atoms with Crippen LogP contribution >= 0.6 is 0 Å². The van der Waals surface area contributed by atoms with Crippen LogP contribution in [0.25, 0.3) is 0 Å². The maximum atomic E-state index is 13.2. The number of hydrogen-bond acceptors (Lipinski definition) is 5. The molecular weight excluding hydrogens is 331 g/mol. The Morgan fingerprint density at radius 1 is 1.00 bits per heavy atom. The van der Waals surface area contributed by atoms with Crippen molar-refractivity contribution in [3.05, 3.63) is 0 Å². The fourth-order valence-electron chi connectivity index (χ4n) is 1.91. The summed E-state index contributed by atoms with van der Waals surface area (Å²) in [5, 5.41) is 2.17. The van der Waals surface area contributed by atoms with Crippen molar-refractivity contribution in [2.45, 2.75) is 46.2 Å². The van der Waals surface area contributed by atoms with Crippen LogP contribution in [0.15, 0.2) is 0 Å². The lowest BCUT2D eigenvalue weighted by atomic mass is 9.93. The molecule has 0 rings (SSSR count). The first-order valence-electron chi connectivity index (χ1n) is 7.86. The second-order valence-electron chi connectivity index (χ2n) is 5.03. The standard InChI is InChI=1S/C15H24F3NO5/c1-4-7-8-19-12(20)11(15(16,17)18)9-10(13(21)23-5-2)14(22)24-6-3/h10-11H,4-9H2,1-3H3,(H,19,20). The van der Waals surface area contributed by atoms with Crippen LogP contribution in [-0.2, 0) is 23.9 Å². The van der Waals surface area contributed by atoms with Gasteiger partial charge in [-0.2, -0.15) is 13.2 Å². The molecule has 24 heavy (non-hydrogen) atoms. The summed E-state index contributed by atoms with van der Waals surface area (Å²) in [5.41, 5.74) is 0. The average molecular weight is 355 g/mol. The van der Waals surface area contributed by atoms with Gasteiger partial charge in [0.1, 0.15) is 5.92 Å². The topological polar surface area (TPSA) is 81.7 Å². The zero-order chi connectivity index (χ0) is 18.8. The summed E-state index contributed by atoms with van der Waals surface area (Å²) in [5.74, 6) is -7.82. The normalized spacial score (nSPS) is 12.6. The van der Waals surface area contributed by atoms with Crippen LogP contribution in [0.1, 0.15) is 40.0 Å². The van der Waals surface area contributed by atoms with E-state index in [0.717, 1.165) is 0 Å². The van der Waals surface area contributed by atoms with Crippen LogP contribution in [0.3, 0.4) is 0 Å². The largest absolute Gasteiger partial charge is 0.465 e. The molecule has 6 nitrogen and oxygen atoms in total. The van der Waals surface area contributed by atoms with E-state index >= 15 is 0 Å². The van der Waals surface area contributed by atoms with Crippen molar-refractivity contribution in [2.24, 2.45) is 11.8 Å². The summed E-state index contributed by atoms with van der Waals surface area (Å²) < 4.78 is 48.8. The van der Waals surface area contributed by atoms with Crippen molar-refractivity contribution in [3.63, 3.8) is 0 Å². The summed E-state index contributed by atoms with van der Waals surface area (Å²) in [7, 11) is 0. The van der Waals surface area contributed by atoms with Gasteiger partial charge in [-0.1, -0.05) is 13.3 Å². The monoisotopic (exact) mass is 355 g/mol. The molecule has 0 fully saturated rings. The number of unbranched alkanes of at least 4 members (excludes halogenated alkanes) is 1. The maximum Gasteiger partial charge on any atom is 0.400 e. The SMILES string of the molecule is CCCCNC(=O)C(CC(C(=O)OCC)C(=O)OCC)C(F)(F)F. The van der Waals surface area contributed by atoms with Crippen LogP contribution in [0.4, 0.5) is 13.2 Å². The number of amides is 1. The van der Waals surface area contributed by atoms with Crippen LogP contribution in [0, 0.1) is 11.8 Å². The first-order chi connectivity index (χ1) is 11.2. The first-order valence-corrected chi connectivity index (χ1v) is 7.86. The molecule has 9 heteroatoms. The Labute approximate surface area is 139 Å². The van der Waals surface area contributed by atoms with E-state index in [4.69, 9.17) is 0 Å². The van der Waals surface area contributed by atoms with Gasteiger partial charge >= 0.3 is 18.1 Å². The van der Waals surface area contributed by atoms with E-state index in [2.05, 4.69) is 14.8 Å². The van der Waals surface area contributed by atoms with Crippen molar-refractivity contribution in [1.29, 1.82) is 0 Å². The smallest absolute Gasteiger partial charge is 0.400 e. The van der Waals surface area contributed by atoms with Crippen molar-refractivity contribution >= 4 is 17.8 Å². The second-order valence-corrected chi connectivity index (χ2v) is 5.03. The minimum Gasteiger partial charge on any atom is -0.465 e. The molecule has 1 atom stereocenters. The van der Waals surface area contributed by atoms with E-state index in [1.165, 1.54) is 13.8 Å². The molecule has 140 valence electrons. The summed E-state index contributed by atoms with van der Waals surface area (Å²) in [6.07, 6.45) is -4.71. The van der Waals surface area contributed by atoms with Gasteiger partial charge in [-0.05, 0) is 26.7 Å². The summed E-state index contributed by atoms with van der Waals surface area (Å²) >= 11 is 0. The van der Waals surface area contributed by atoms with E-state index in [1.54, 1.807) is 0 Å². The Morgan fingerprint density at radius 2 is 1.50 bits per heavy atom.